The zero-order chi connectivity index (χ0) is 21.9. The molecule has 4 aromatic rings. The van der Waals surface area contributed by atoms with Gasteiger partial charge in [0.05, 0.1) is 0 Å². The second kappa shape index (κ2) is 9.50. The van der Waals surface area contributed by atoms with Gasteiger partial charge in [0.15, 0.2) is 5.58 Å². The maximum atomic E-state index is 10.5. The Bertz CT molecular complexity index is 1170. The summed E-state index contributed by atoms with van der Waals surface area (Å²) in [6.45, 7) is 4.48. The normalized spacial score (nSPS) is 15.9. The van der Waals surface area contributed by atoms with Crippen molar-refractivity contribution < 1.29 is 14.4 Å². The van der Waals surface area contributed by atoms with Gasteiger partial charge in [-0.15, -0.1) is 11.3 Å². The molecule has 1 aliphatic heterocycles. The number of ether oxygens (including phenoxy) is 1. The maximum Gasteiger partial charge on any atom is 0.178 e. The van der Waals surface area contributed by atoms with Gasteiger partial charge in [-0.25, -0.2) is 0 Å². The van der Waals surface area contributed by atoms with Crippen LogP contribution in [0.4, 0.5) is 5.69 Å². The molecule has 1 aliphatic rings. The van der Waals surface area contributed by atoms with Crippen LogP contribution >= 0.6 is 22.9 Å². The van der Waals surface area contributed by atoms with Crippen molar-refractivity contribution in [2.45, 2.75) is 6.10 Å². The van der Waals surface area contributed by atoms with Gasteiger partial charge in [0.25, 0.3) is 0 Å². The standard InChI is InChI=1S/C24H24ClN3O3S/c25-18-4-6-19(7-5-18)28-11-9-27(10-12-28)15-20(29)16-30-21-3-1-2-17(14-21)23-24-22(31-26-23)8-13-32-24/h1-8,13-14,20,29H,9-12,15-16H2/t20-/m1/s1. The lowest BCUT2D eigenvalue weighted by molar-refractivity contribution is 0.0663. The monoisotopic (exact) mass is 469 g/mol. The molecule has 1 saturated heterocycles. The summed E-state index contributed by atoms with van der Waals surface area (Å²) in [6.07, 6.45) is -0.559. The van der Waals surface area contributed by atoms with Crippen LogP contribution in [-0.4, -0.2) is 60.6 Å². The molecule has 0 amide bonds. The fourth-order valence-corrected chi connectivity index (χ4v) is 4.92. The van der Waals surface area contributed by atoms with Crippen LogP contribution in [0.5, 0.6) is 5.75 Å². The molecule has 8 heteroatoms. The van der Waals surface area contributed by atoms with Crippen molar-refractivity contribution in [3.63, 3.8) is 0 Å². The smallest absolute Gasteiger partial charge is 0.178 e. The first-order chi connectivity index (χ1) is 15.7. The molecule has 32 heavy (non-hydrogen) atoms. The molecule has 2 aromatic carbocycles. The Kier molecular flexibility index (Phi) is 6.32. The van der Waals surface area contributed by atoms with E-state index >= 15 is 0 Å². The Morgan fingerprint density at radius 3 is 2.72 bits per heavy atom. The molecule has 1 fully saturated rings. The number of halogens is 1. The number of anilines is 1. The van der Waals surface area contributed by atoms with E-state index in [0.717, 1.165) is 52.7 Å². The molecule has 3 heterocycles. The zero-order valence-electron chi connectivity index (χ0n) is 17.5. The van der Waals surface area contributed by atoms with Crippen LogP contribution in [0.1, 0.15) is 0 Å². The van der Waals surface area contributed by atoms with Gasteiger partial charge >= 0.3 is 0 Å². The number of aromatic nitrogens is 1. The number of benzene rings is 2. The number of hydrogen-bond acceptors (Lipinski definition) is 7. The molecule has 5 rings (SSSR count). The third-order valence-electron chi connectivity index (χ3n) is 5.66. The summed E-state index contributed by atoms with van der Waals surface area (Å²) in [5.41, 5.74) is 3.74. The van der Waals surface area contributed by atoms with Gasteiger partial charge < -0.3 is 19.3 Å². The van der Waals surface area contributed by atoms with Crippen molar-refractivity contribution in [2.24, 2.45) is 0 Å². The van der Waals surface area contributed by atoms with E-state index in [2.05, 4.69) is 27.1 Å². The number of aliphatic hydroxyl groups is 1. The van der Waals surface area contributed by atoms with Crippen molar-refractivity contribution >= 4 is 38.9 Å². The summed E-state index contributed by atoms with van der Waals surface area (Å²) in [6, 6.07) is 17.6. The topological polar surface area (TPSA) is 62.0 Å². The van der Waals surface area contributed by atoms with Crippen LogP contribution in [0.2, 0.25) is 5.02 Å². The van der Waals surface area contributed by atoms with Crippen LogP contribution < -0.4 is 9.64 Å². The van der Waals surface area contributed by atoms with Crippen LogP contribution in [-0.2, 0) is 0 Å². The summed E-state index contributed by atoms with van der Waals surface area (Å²) < 4.78 is 12.3. The molecule has 2 aromatic heterocycles. The van der Waals surface area contributed by atoms with Crippen molar-refractivity contribution in [1.29, 1.82) is 0 Å². The highest BCUT2D eigenvalue weighted by Crippen LogP contribution is 2.33. The van der Waals surface area contributed by atoms with E-state index in [9.17, 15) is 5.11 Å². The first-order valence-corrected chi connectivity index (χ1v) is 11.9. The summed E-state index contributed by atoms with van der Waals surface area (Å²) in [5.74, 6) is 0.710. The quantitative estimate of drug-likeness (QED) is 0.420. The molecule has 0 spiro atoms. The Morgan fingerprint density at radius 2 is 1.91 bits per heavy atom. The van der Waals surface area contributed by atoms with Gasteiger partial charge in [-0.1, -0.05) is 28.9 Å². The third kappa shape index (κ3) is 4.76. The van der Waals surface area contributed by atoms with Crippen LogP contribution in [0.25, 0.3) is 21.5 Å². The summed E-state index contributed by atoms with van der Waals surface area (Å²) >= 11 is 7.59. The van der Waals surface area contributed by atoms with E-state index in [1.54, 1.807) is 11.3 Å². The minimum absolute atomic E-state index is 0.244. The average molecular weight is 470 g/mol. The highest BCUT2D eigenvalue weighted by molar-refractivity contribution is 7.17. The lowest BCUT2D eigenvalue weighted by Gasteiger charge is -2.36. The number of rotatable bonds is 7. The first kappa shape index (κ1) is 21.3. The largest absolute Gasteiger partial charge is 0.491 e. The molecule has 6 nitrogen and oxygen atoms in total. The molecule has 0 saturated carbocycles. The predicted octanol–water partition coefficient (Wildman–Crippen LogP) is 4.77. The minimum atomic E-state index is -0.559. The van der Waals surface area contributed by atoms with Crippen LogP contribution in [0.15, 0.2) is 64.5 Å². The molecule has 0 bridgehead atoms. The second-order valence-corrected chi connectivity index (χ2v) is 9.25. The van der Waals surface area contributed by atoms with E-state index in [1.807, 2.05) is 47.8 Å². The minimum Gasteiger partial charge on any atom is -0.491 e. The van der Waals surface area contributed by atoms with Gasteiger partial charge in [0.1, 0.15) is 28.9 Å². The third-order valence-corrected chi connectivity index (χ3v) is 6.82. The molecule has 0 aliphatic carbocycles. The lowest BCUT2D eigenvalue weighted by atomic mass is 10.1. The Balaban J connectivity index is 1.12. The predicted molar refractivity (Wildman–Crippen MR) is 129 cm³/mol. The van der Waals surface area contributed by atoms with Crippen molar-refractivity contribution in [3.05, 3.63) is 65.0 Å². The number of aliphatic hydroxyl groups excluding tert-OH is 1. The highest BCUT2D eigenvalue weighted by atomic mass is 35.5. The number of thiophene rings is 1. The molecular weight excluding hydrogens is 446 g/mol. The maximum absolute atomic E-state index is 10.5. The van der Waals surface area contributed by atoms with Gasteiger partial charge in [0.2, 0.25) is 0 Å². The van der Waals surface area contributed by atoms with E-state index in [1.165, 1.54) is 5.69 Å². The Hall–Kier alpha value is -2.58. The van der Waals surface area contributed by atoms with Crippen LogP contribution in [0, 0.1) is 0 Å². The highest BCUT2D eigenvalue weighted by Gasteiger charge is 2.20. The fraction of sp³-hybridized carbons (Fsp3) is 0.292. The fourth-order valence-electron chi connectivity index (χ4n) is 3.98. The summed E-state index contributed by atoms with van der Waals surface area (Å²) in [7, 11) is 0. The molecule has 1 N–H and O–H groups in total. The lowest BCUT2D eigenvalue weighted by Crippen LogP contribution is -2.49. The molecule has 1 atom stereocenters. The van der Waals surface area contributed by atoms with Crippen molar-refractivity contribution in [1.82, 2.24) is 10.1 Å². The molecule has 0 unspecified atom stereocenters. The van der Waals surface area contributed by atoms with E-state index in [-0.39, 0.29) is 6.61 Å². The Labute approximate surface area is 195 Å². The van der Waals surface area contributed by atoms with Crippen LogP contribution in [0.3, 0.4) is 0 Å². The Morgan fingerprint density at radius 1 is 1.09 bits per heavy atom. The van der Waals surface area contributed by atoms with Gasteiger partial charge in [-0.2, -0.15) is 0 Å². The number of piperazine rings is 1. The van der Waals surface area contributed by atoms with Gasteiger partial charge in [-0.3, -0.25) is 4.90 Å². The van der Waals surface area contributed by atoms with Gasteiger partial charge in [-0.05, 0) is 47.8 Å². The number of hydrogen-bond donors (Lipinski definition) is 1. The summed E-state index contributed by atoms with van der Waals surface area (Å²) in [4.78, 5) is 4.62. The molecule has 166 valence electrons. The zero-order valence-corrected chi connectivity index (χ0v) is 19.1. The summed E-state index contributed by atoms with van der Waals surface area (Å²) in [5, 5.41) is 17.5. The number of β-amino-alcohol motifs (C(OH)–C–C–N with tert-alkyl or cyclic N) is 1. The first-order valence-electron chi connectivity index (χ1n) is 10.6. The molecular formula is C24H24ClN3O3S. The van der Waals surface area contributed by atoms with E-state index in [4.69, 9.17) is 20.9 Å². The van der Waals surface area contributed by atoms with Crippen molar-refractivity contribution in [3.8, 4) is 17.0 Å². The number of fused-ring (bicyclic) bond motifs is 1. The van der Waals surface area contributed by atoms with Crippen molar-refractivity contribution in [2.75, 3.05) is 44.2 Å². The van der Waals surface area contributed by atoms with Gasteiger partial charge in [0, 0.05) is 49.0 Å². The SMILES string of the molecule is O[C@@H](COc1cccc(-c2noc3ccsc23)c1)CN1CCN(c2ccc(Cl)cc2)CC1. The number of nitrogens with zero attached hydrogens (tertiary/aromatic N) is 3. The van der Waals surface area contributed by atoms with E-state index < -0.39 is 6.10 Å². The second-order valence-electron chi connectivity index (χ2n) is 7.90. The molecule has 0 radical (unpaired) electrons. The average Bonchev–Trinajstić information content (AvgIpc) is 3.43. The van der Waals surface area contributed by atoms with E-state index in [0.29, 0.717) is 12.3 Å².